The minimum Gasteiger partial charge on any atom is -0.380 e. The minimum absolute atomic E-state index is 0.635. The summed E-state index contributed by atoms with van der Waals surface area (Å²) in [4.78, 5) is 0. The average Bonchev–Trinajstić information content (AvgIpc) is 2.85. The monoisotopic (exact) mass is 318 g/mol. The second-order valence-electron chi connectivity index (χ2n) is 4.27. The molecule has 5 heteroatoms. The van der Waals surface area contributed by atoms with Gasteiger partial charge >= 0.3 is 0 Å². The smallest absolute Gasteiger partial charge is 0.101 e. The molecule has 1 heterocycles. The first-order valence-electron chi connectivity index (χ1n) is 6.17. The fraction of sp³-hybridized carbons (Fsp3) is 0.286. The molecule has 0 amide bonds. The number of halogens is 1. The highest BCUT2D eigenvalue weighted by molar-refractivity contribution is 9.10. The van der Waals surface area contributed by atoms with Gasteiger partial charge in [-0.05, 0) is 24.6 Å². The number of nitrogens with one attached hydrogen (secondary N) is 1. The molecule has 0 saturated carbocycles. The Morgan fingerprint density at radius 1 is 1.47 bits per heavy atom. The number of rotatable bonds is 5. The number of nitriles is 1. The van der Waals surface area contributed by atoms with Crippen LogP contribution < -0.4 is 5.32 Å². The lowest BCUT2D eigenvalue weighted by atomic mass is 10.2. The maximum Gasteiger partial charge on any atom is 0.101 e. The van der Waals surface area contributed by atoms with E-state index in [2.05, 4.69) is 39.3 Å². The maximum atomic E-state index is 9.09. The van der Waals surface area contributed by atoms with E-state index < -0.39 is 0 Å². The zero-order valence-corrected chi connectivity index (χ0v) is 12.3. The van der Waals surface area contributed by atoms with Crippen molar-refractivity contribution in [2.75, 3.05) is 5.32 Å². The van der Waals surface area contributed by atoms with Crippen molar-refractivity contribution in [1.29, 1.82) is 5.26 Å². The van der Waals surface area contributed by atoms with Crippen LogP contribution in [0.4, 0.5) is 5.69 Å². The fourth-order valence-corrected chi connectivity index (χ4v) is 2.17. The molecule has 1 aromatic carbocycles. The Balaban J connectivity index is 2.04. The summed E-state index contributed by atoms with van der Waals surface area (Å²) in [5.41, 5.74) is 2.59. The molecule has 0 atom stereocenters. The maximum absolute atomic E-state index is 9.09. The first-order chi connectivity index (χ1) is 9.22. The summed E-state index contributed by atoms with van der Waals surface area (Å²) in [7, 11) is 0. The number of anilines is 1. The van der Waals surface area contributed by atoms with Crippen molar-refractivity contribution in [2.45, 2.75) is 26.4 Å². The van der Waals surface area contributed by atoms with E-state index in [1.165, 1.54) is 0 Å². The minimum atomic E-state index is 0.635. The highest BCUT2D eigenvalue weighted by Gasteiger charge is 2.03. The molecule has 2 aromatic rings. The number of benzene rings is 1. The molecule has 2 rings (SSSR count). The molecule has 19 heavy (non-hydrogen) atoms. The first kappa shape index (κ1) is 13.6. The SMILES string of the molecule is CCCn1cc(CNc2ccc(Br)cc2C#N)cn1. The average molecular weight is 319 g/mol. The van der Waals surface area contributed by atoms with Gasteiger partial charge in [0.25, 0.3) is 0 Å². The van der Waals surface area contributed by atoms with Crippen molar-refractivity contribution < 1.29 is 0 Å². The van der Waals surface area contributed by atoms with Crippen LogP contribution in [0.15, 0.2) is 35.1 Å². The van der Waals surface area contributed by atoms with Crippen LogP contribution in [-0.4, -0.2) is 9.78 Å². The standard InChI is InChI=1S/C14H15BrN4/c1-2-5-19-10-11(9-18-19)8-17-14-4-3-13(15)6-12(14)7-16/h3-4,6,9-10,17H,2,5,8H2,1H3. The third-order valence-corrected chi connectivity index (χ3v) is 3.22. The summed E-state index contributed by atoms with van der Waals surface area (Å²) >= 11 is 3.36. The molecule has 1 N–H and O–H groups in total. The molecule has 98 valence electrons. The van der Waals surface area contributed by atoms with E-state index in [-0.39, 0.29) is 0 Å². The third kappa shape index (κ3) is 3.58. The zero-order valence-electron chi connectivity index (χ0n) is 10.7. The quantitative estimate of drug-likeness (QED) is 0.917. The van der Waals surface area contributed by atoms with Gasteiger partial charge in [-0.1, -0.05) is 22.9 Å². The molecule has 0 saturated heterocycles. The number of hydrogen-bond donors (Lipinski definition) is 1. The van der Waals surface area contributed by atoms with E-state index >= 15 is 0 Å². The summed E-state index contributed by atoms with van der Waals surface area (Å²) in [5.74, 6) is 0. The number of aromatic nitrogens is 2. The van der Waals surface area contributed by atoms with Gasteiger partial charge in [0.2, 0.25) is 0 Å². The van der Waals surface area contributed by atoms with Crippen molar-refractivity contribution in [2.24, 2.45) is 0 Å². The van der Waals surface area contributed by atoms with Gasteiger partial charge in [-0.25, -0.2) is 0 Å². The highest BCUT2D eigenvalue weighted by atomic mass is 79.9. The summed E-state index contributed by atoms with van der Waals surface area (Å²) in [6.07, 6.45) is 4.95. The van der Waals surface area contributed by atoms with Crippen LogP contribution in [0.1, 0.15) is 24.5 Å². The molecule has 0 fully saturated rings. The predicted octanol–water partition coefficient (Wildman–Crippen LogP) is 3.54. The zero-order chi connectivity index (χ0) is 13.7. The van der Waals surface area contributed by atoms with Crippen LogP contribution in [-0.2, 0) is 13.1 Å². The van der Waals surface area contributed by atoms with Crippen molar-refractivity contribution in [3.05, 3.63) is 46.2 Å². The molecule has 0 aliphatic carbocycles. The Bertz CT molecular complexity index is 598. The van der Waals surface area contributed by atoms with Gasteiger partial charge in [-0.3, -0.25) is 4.68 Å². The van der Waals surface area contributed by atoms with Gasteiger partial charge < -0.3 is 5.32 Å². The lowest BCUT2D eigenvalue weighted by Crippen LogP contribution is -2.01. The van der Waals surface area contributed by atoms with Gasteiger partial charge in [-0.2, -0.15) is 10.4 Å². The molecule has 0 aliphatic rings. The van der Waals surface area contributed by atoms with Crippen LogP contribution in [0.25, 0.3) is 0 Å². The van der Waals surface area contributed by atoms with Gasteiger partial charge in [0.1, 0.15) is 6.07 Å². The molecule has 1 aromatic heterocycles. The second-order valence-corrected chi connectivity index (χ2v) is 5.18. The van der Waals surface area contributed by atoms with E-state index in [9.17, 15) is 0 Å². The van der Waals surface area contributed by atoms with Crippen LogP contribution in [0.2, 0.25) is 0 Å². The Morgan fingerprint density at radius 2 is 2.32 bits per heavy atom. The summed E-state index contributed by atoms with van der Waals surface area (Å²) in [5, 5.41) is 16.6. The van der Waals surface area contributed by atoms with Crippen LogP contribution in [0, 0.1) is 11.3 Å². The van der Waals surface area contributed by atoms with E-state index in [0.29, 0.717) is 12.1 Å². The van der Waals surface area contributed by atoms with Crippen LogP contribution in [0.5, 0.6) is 0 Å². The molecule has 0 spiro atoms. The van der Waals surface area contributed by atoms with Gasteiger partial charge in [-0.15, -0.1) is 0 Å². The Kier molecular flexibility index (Phi) is 4.58. The molecule has 0 unspecified atom stereocenters. The largest absolute Gasteiger partial charge is 0.380 e. The van der Waals surface area contributed by atoms with E-state index in [4.69, 9.17) is 5.26 Å². The topological polar surface area (TPSA) is 53.6 Å². The van der Waals surface area contributed by atoms with E-state index in [1.807, 2.05) is 35.3 Å². The van der Waals surface area contributed by atoms with Gasteiger partial charge in [0.05, 0.1) is 17.4 Å². The Labute approximate surface area is 121 Å². The number of aryl methyl sites for hydroxylation is 1. The van der Waals surface area contributed by atoms with Crippen molar-refractivity contribution >= 4 is 21.6 Å². The lowest BCUT2D eigenvalue weighted by molar-refractivity contribution is 0.602. The fourth-order valence-electron chi connectivity index (χ4n) is 1.81. The number of hydrogen-bond acceptors (Lipinski definition) is 3. The van der Waals surface area contributed by atoms with Crippen LogP contribution >= 0.6 is 15.9 Å². The van der Waals surface area contributed by atoms with Crippen LogP contribution in [0.3, 0.4) is 0 Å². The summed E-state index contributed by atoms with van der Waals surface area (Å²) in [6, 6.07) is 7.82. The van der Waals surface area contributed by atoms with Gasteiger partial charge in [0, 0.05) is 29.3 Å². The Morgan fingerprint density at radius 3 is 3.05 bits per heavy atom. The highest BCUT2D eigenvalue weighted by Crippen LogP contribution is 2.20. The molecule has 4 nitrogen and oxygen atoms in total. The van der Waals surface area contributed by atoms with Crippen molar-refractivity contribution in [1.82, 2.24) is 9.78 Å². The first-order valence-corrected chi connectivity index (χ1v) is 6.97. The van der Waals surface area contributed by atoms with Gasteiger partial charge in [0.15, 0.2) is 0 Å². The molecular weight excluding hydrogens is 304 g/mol. The van der Waals surface area contributed by atoms with Crippen molar-refractivity contribution in [3.63, 3.8) is 0 Å². The molecule has 0 aliphatic heterocycles. The molecular formula is C14H15BrN4. The molecule has 0 bridgehead atoms. The predicted molar refractivity (Wildman–Crippen MR) is 78.7 cm³/mol. The Hall–Kier alpha value is -1.80. The summed E-state index contributed by atoms with van der Waals surface area (Å²) in [6.45, 7) is 3.72. The number of nitrogens with zero attached hydrogens (tertiary/aromatic N) is 3. The van der Waals surface area contributed by atoms with E-state index in [1.54, 1.807) is 0 Å². The van der Waals surface area contributed by atoms with E-state index in [0.717, 1.165) is 28.7 Å². The van der Waals surface area contributed by atoms with Crippen molar-refractivity contribution in [3.8, 4) is 6.07 Å². The summed E-state index contributed by atoms with van der Waals surface area (Å²) < 4.78 is 2.84. The third-order valence-electron chi connectivity index (χ3n) is 2.72. The normalized spacial score (nSPS) is 10.2. The second kappa shape index (κ2) is 6.39. The molecule has 0 radical (unpaired) electrons. The lowest BCUT2D eigenvalue weighted by Gasteiger charge is -2.07.